The van der Waals surface area contributed by atoms with Crippen molar-refractivity contribution in [1.82, 2.24) is 0 Å². The van der Waals surface area contributed by atoms with Gasteiger partial charge in [0, 0.05) is 23.3 Å². The van der Waals surface area contributed by atoms with Gasteiger partial charge in [-0.25, -0.2) is 14.6 Å². The fourth-order valence-electron chi connectivity index (χ4n) is 3.46. The van der Waals surface area contributed by atoms with Crippen LogP contribution < -0.4 is 18.9 Å². The molecule has 0 saturated carbocycles. The summed E-state index contributed by atoms with van der Waals surface area (Å²) >= 11 is 0. The molecular weight excluding hydrogens is 484 g/mol. The van der Waals surface area contributed by atoms with Crippen molar-refractivity contribution in [3.63, 3.8) is 0 Å². The summed E-state index contributed by atoms with van der Waals surface area (Å²) in [5.41, 5.74) is 0.754. The Kier molecular flexibility index (Phi) is 7.14. The normalized spacial score (nSPS) is 13.5. The molecule has 3 aromatic carbocycles. The molecule has 0 aliphatic carbocycles. The first-order valence-corrected chi connectivity index (χ1v) is 10.7. The number of aliphatic imine (C=N–C) groups is 1. The van der Waals surface area contributed by atoms with Crippen molar-refractivity contribution in [1.29, 1.82) is 0 Å². The molecular formula is C26H20N2O9. The van der Waals surface area contributed by atoms with E-state index in [2.05, 4.69) is 4.99 Å². The van der Waals surface area contributed by atoms with Crippen LogP contribution in [0.5, 0.6) is 23.0 Å². The minimum Gasteiger partial charge on any atom is -0.493 e. The minimum atomic E-state index is -0.726. The van der Waals surface area contributed by atoms with Crippen LogP contribution in [0.15, 0.2) is 71.4 Å². The second-order valence-corrected chi connectivity index (χ2v) is 7.48. The van der Waals surface area contributed by atoms with E-state index < -0.39 is 16.9 Å². The first kappa shape index (κ1) is 24.9. The lowest BCUT2D eigenvalue weighted by atomic mass is 10.1. The Balaban J connectivity index is 1.63. The number of ether oxygens (including phenoxy) is 5. The van der Waals surface area contributed by atoms with Crippen molar-refractivity contribution in [2.24, 2.45) is 4.99 Å². The van der Waals surface area contributed by atoms with Crippen LogP contribution in [-0.4, -0.2) is 44.1 Å². The summed E-state index contributed by atoms with van der Waals surface area (Å²) in [4.78, 5) is 39.7. The highest BCUT2D eigenvalue weighted by atomic mass is 16.6. The van der Waals surface area contributed by atoms with E-state index >= 15 is 0 Å². The van der Waals surface area contributed by atoms with E-state index in [0.717, 1.165) is 0 Å². The highest BCUT2D eigenvalue weighted by molar-refractivity contribution is 6.13. The van der Waals surface area contributed by atoms with Crippen molar-refractivity contribution in [3.05, 3.63) is 93.2 Å². The Labute approximate surface area is 210 Å². The number of para-hydroxylation sites is 1. The molecule has 0 aromatic heterocycles. The van der Waals surface area contributed by atoms with E-state index in [1.54, 1.807) is 36.4 Å². The molecule has 1 aliphatic heterocycles. The van der Waals surface area contributed by atoms with Gasteiger partial charge < -0.3 is 23.7 Å². The number of carbonyl (C=O) groups excluding carboxylic acids is 2. The SMILES string of the molecule is COc1cc(C2=N/C(=C/c3ccccc3OC(=O)c3ccc([N+](=O)[O-])cc3)C(=O)O2)cc(OC)c1OC. The van der Waals surface area contributed by atoms with Crippen molar-refractivity contribution >= 4 is 29.6 Å². The van der Waals surface area contributed by atoms with E-state index in [4.69, 9.17) is 23.7 Å². The Hall–Kier alpha value is -5.19. The van der Waals surface area contributed by atoms with Gasteiger partial charge in [-0.3, -0.25) is 10.1 Å². The lowest BCUT2D eigenvalue weighted by molar-refractivity contribution is -0.384. The predicted octanol–water partition coefficient (Wildman–Crippen LogP) is 4.18. The molecule has 1 heterocycles. The summed E-state index contributed by atoms with van der Waals surface area (Å²) in [6, 6.07) is 14.7. The van der Waals surface area contributed by atoms with Crippen molar-refractivity contribution in [2.45, 2.75) is 0 Å². The summed E-state index contributed by atoms with van der Waals surface area (Å²) in [7, 11) is 4.40. The molecule has 0 fully saturated rings. The molecule has 37 heavy (non-hydrogen) atoms. The first-order valence-electron chi connectivity index (χ1n) is 10.7. The molecule has 0 bridgehead atoms. The second-order valence-electron chi connectivity index (χ2n) is 7.48. The van der Waals surface area contributed by atoms with E-state index in [1.807, 2.05) is 0 Å². The van der Waals surface area contributed by atoms with Crippen LogP contribution in [0.2, 0.25) is 0 Å². The molecule has 0 N–H and O–H groups in total. The molecule has 11 heteroatoms. The highest BCUT2D eigenvalue weighted by Crippen LogP contribution is 2.39. The molecule has 4 rings (SSSR count). The number of rotatable bonds is 8. The van der Waals surface area contributed by atoms with E-state index in [1.165, 1.54) is 51.7 Å². The van der Waals surface area contributed by atoms with Gasteiger partial charge in [-0.1, -0.05) is 18.2 Å². The summed E-state index contributed by atoms with van der Waals surface area (Å²) < 4.78 is 26.8. The molecule has 0 atom stereocenters. The number of hydrogen-bond acceptors (Lipinski definition) is 10. The zero-order valence-corrected chi connectivity index (χ0v) is 19.9. The Morgan fingerprint density at radius 1 is 0.946 bits per heavy atom. The van der Waals surface area contributed by atoms with Gasteiger partial charge in [-0.05, 0) is 36.4 Å². The Bertz CT molecular complexity index is 1420. The molecule has 0 radical (unpaired) electrons. The van der Waals surface area contributed by atoms with Gasteiger partial charge in [0.25, 0.3) is 5.69 Å². The lowest BCUT2D eigenvalue weighted by Crippen LogP contribution is -2.09. The third-order valence-electron chi connectivity index (χ3n) is 5.26. The molecule has 0 amide bonds. The third-order valence-corrected chi connectivity index (χ3v) is 5.26. The third kappa shape index (κ3) is 5.25. The number of methoxy groups -OCH3 is 3. The predicted molar refractivity (Wildman–Crippen MR) is 131 cm³/mol. The maximum atomic E-state index is 12.6. The number of carbonyl (C=O) groups is 2. The van der Waals surface area contributed by atoms with Gasteiger partial charge in [-0.2, -0.15) is 0 Å². The van der Waals surface area contributed by atoms with Gasteiger partial charge >= 0.3 is 11.9 Å². The van der Waals surface area contributed by atoms with Crippen LogP contribution >= 0.6 is 0 Å². The summed E-state index contributed by atoms with van der Waals surface area (Å²) in [5.74, 6) is -0.165. The number of cyclic esters (lactones) is 1. The van der Waals surface area contributed by atoms with Crippen LogP contribution in [0.25, 0.3) is 6.08 Å². The molecule has 0 unspecified atom stereocenters. The molecule has 1 aliphatic rings. The summed E-state index contributed by atoms with van der Waals surface area (Å²) in [6.07, 6.45) is 1.42. The number of non-ortho nitro benzene ring substituents is 1. The second kappa shape index (κ2) is 10.6. The largest absolute Gasteiger partial charge is 0.493 e. The van der Waals surface area contributed by atoms with Crippen molar-refractivity contribution in [3.8, 4) is 23.0 Å². The number of hydrogen-bond donors (Lipinski definition) is 0. The molecule has 0 spiro atoms. The summed E-state index contributed by atoms with van der Waals surface area (Å²) in [5, 5.41) is 10.8. The number of nitro groups is 1. The van der Waals surface area contributed by atoms with Crippen LogP contribution in [0.1, 0.15) is 21.5 Å². The van der Waals surface area contributed by atoms with Crippen LogP contribution in [0, 0.1) is 10.1 Å². The number of benzene rings is 3. The maximum absolute atomic E-state index is 12.6. The molecule has 11 nitrogen and oxygen atoms in total. The lowest BCUT2D eigenvalue weighted by Gasteiger charge is -2.13. The fourth-order valence-corrected chi connectivity index (χ4v) is 3.46. The molecule has 0 saturated heterocycles. The van der Waals surface area contributed by atoms with E-state index in [-0.39, 0.29) is 28.6 Å². The van der Waals surface area contributed by atoms with Crippen molar-refractivity contribution in [2.75, 3.05) is 21.3 Å². The standard InChI is InChI=1S/C26H20N2O9/c1-33-21-13-17(14-22(34-2)23(21)35-3)24-27-19(26(30)37-24)12-16-6-4-5-7-20(16)36-25(29)15-8-10-18(11-9-15)28(31)32/h4-14H,1-3H3/b19-12+. The number of nitro benzene ring substituents is 1. The maximum Gasteiger partial charge on any atom is 0.363 e. The number of esters is 2. The van der Waals surface area contributed by atoms with Crippen LogP contribution in [-0.2, 0) is 9.53 Å². The number of nitrogens with zero attached hydrogens (tertiary/aromatic N) is 2. The van der Waals surface area contributed by atoms with Gasteiger partial charge in [0.1, 0.15) is 5.75 Å². The minimum absolute atomic E-state index is 0.0239. The average molecular weight is 504 g/mol. The zero-order chi connectivity index (χ0) is 26.5. The molecule has 188 valence electrons. The molecule has 3 aromatic rings. The van der Waals surface area contributed by atoms with Crippen LogP contribution in [0.3, 0.4) is 0 Å². The average Bonchev–Trinajstić information content (AvgIpc) is 3.28. The smallest absolute Gasteiger partial charge is 0.363 e. The van der Waals surface area contributed by atoms with Gasteiger partial charge in [0.2, 0.25) is 11.6 Å². The highest BCUT2D eigenvalue weighted by Gasteiger charge is 2.27. The quantitative estimate of drug-likeness (QED) is 0.145. The Morgan fingerprint density at radius 2 is 1.59 bits per heavy atom. The van der Waals surface area contributed by atoms with Gasteiger partial charge in [0.05, 0.1) is 31.8 Å². The monoisotopic (exact) mass is 504 g/mol. The summed E-state index contributed by atoms with van der Waals surface area (Å²) in [6.45, 7) is 0. The first-order chi connectivity index (χ1) is 17.8. The zero-order valence-electron chi connectivity index (χ0n) is 19.9. The van der Waals surface area contributed by atoms with Gasteiger partial charge in [-0.15, -0.1) is 0 Å². The topological polar surface area (TPSA) is 136 Å². The van der Waals surface area contributed by atoms with E-state index in [0.29, 0.717) is 28.4 Å². The van der Waals surface area contributed by atoms with Gasteiger partial charge in [0.15, 0.2) is 17.2 Å². The van der Waals surface area contributed by atoms with E-state index in [9.17, 15) is 19.7 Å². The Morgan fingerprint density at radius 3 is 2.19 bits per heavy atom. The fraction of sp³-hybridized carbons (Fsp3) is 0.115. The van der Waals surface area contributed by atoms with Crippen LogP contribution in [0.4, 0.5) is 5.69 Å². The van der Waals surface area contributed by atoms with Crippen molar-refractivity contribution < 1.29 is 38.2 Å².